The summed E-state index contributed by atoms with van der Waals surface area (Å²) in [5.74, 6) is 0.609. The maximum atomic E-state index is 5.88. The first-order valence-electron chi connectivity index (χ1n) is 5.69. The van der Waals surface area contributed by atoms with Crippen LogP contribution in [0.3, 0.4) is 0 Å². The number of guanidine groups is 1. The molecule has 1 aromatic rings. The predicted molar refractivity (Wildman–Crippen MR) is 85.2 cm³/mol. The number of aromatic nitrogens is 1. The van der Waals surface area contributed by atoms with Gasteiger partial charge in [0.1, 0.15) is 5.01 Å². The second kappa shape index (κ2) is 8.68. The molecule has 0 atom stereocenters. The van der Waals surface area contributed by atoms with E-state index in [2.05, 4.69) is 30.7 Å². The van der Waals surface area contributed by atoms with Gasteiger partial charge in [-0.2, -0.15) is 0 Å². The van der Waals surface area contributed by atoms with Crippen molar-refractivity contribution in [3.05, 3.63) is 16.1 Å². The summed E-state index contributed by atoms with van der Waals surface area (Å²) in [6.45, 7) is 8.65. The average molecular weight is 368 g/mol. The maximum absolute atomic E-state index is 5.88. The lowest BCUT2D eigenvalue weighted by Crippen LogP contribution is -2.37. The minimum atomic E-state index is 0. The van der Waals surface area contributed by atoms with Crippen LogP contribution in [0.25, 0.3) is 0 Å². The summed E-state index contributed by atoms with van der Waals surface area (Å²) < 4.78 is 0. The molecule has 1 heterocycles. The third-order valence-electron chi connectivity index (χ3n) is 2.41. The molecule has 1 aromatic heterocycles. The summed E-state index contributed by atoms with van der Waals surface area (Å²) in [6.07, 6.45) is 2.95. The lowest BCUT2D eigenvalue weighted by molar-refractivity contribution is 0.458. The molecule has 17 heavy (non-hydrogen) atoms. The number of nitrogens with zero attached hydrogens (tertiary/aromatic N) is 3. The van der Waals surface area contributed by atoms with Gasteiger partial charge in [0.25, 0.3) is 0 Å². The van der Waals surface area contributed by atoms with E-state index in [-0.39, 0.29) is 24.0 Å². The Morgan fingerprint density at radius 2 is 2.06 bits per heavy atom. The lowest BCUT2D eigenvalue weighted by Gasteiger charge is -2.18. The molecule has 0 fully saturated rings. The fourth-order valence-corrected chi connectivity index (χ4v) is 2.17. The van der Waals surface area contributed by atoms with Crippen LogP contribution < -0.4 is 5.73 Å². The van der Waals surface area contributed by atoms with Crippen LogP contribution in [0.5, 0.6) is 0 Å². The van der Waals surface area contributed by atoms with Crippen LogP contribution in [0.1, 0.15) is 30.7 Å². The first-order chi connectivity index (χ1) is 7.71. The molecule has 0 unspecified atom stereocenters. The Hall–Kier alpha value is -0.370. The standard InChI is InChI=1S/C11H20N4S.HI/c1-4-9-7-13-10(16-9)8-14-11(12)15(5-2)6-3;/h7H,4-6,8H2,1-3H3,(H2,12,14);1H. The molecular weight excluding hydrogens is 347 g/mol. The highest BCUT2D eigenvalue weighted by molar-refractivity contribution is 14.0. The number of thiazole rings is 1. The number of halogens is 1. The minimum absolute atomic E-state index is 0. The molecule has 0 saturated heterocycles. The molecule has 0 aliphatic carbocycles. The smallest absolute Gasteiger partial charge is 0.191 e. The summed E-state index contributed by atoms with van der Waals surface area (Å²) in [5, 5.41) is 1.03. The van der Waals surface area contributed by atoms with E-state index in [0.29, 0.717) is 12.5 Å². The summed E-state index contributed by atoms with van der Waals surface area (Å²) in [6, 6.07) is 0. The normalized spacial score (nSPS) is 11.1. The Balaban J connectivity index is 0.00000256. The molecule has 1 rings (SSSR count). The van der Waals surface area contributed by atoms with Crippen LogP contribution in [0.2, 0.25) is 0 Å². The van der Waals surface area contributed by atoms with Crippen LogP contribution in [0.4, 0.5) is 0 Å². The highest BCUT2D eigenvalue weighted by Gasteiger charge is 2.03. The number of hydrogen-bond acceptors (Lipinski definition) is 3. The van der Waals surface area contributed by atoms with Gasteiger partial charge in [0.05, 0.1) is 6.54 Å². The van der Waals surface area contributed by atoms with E-state index in [1.165, 1.54) is 4.88 Å². The largest absolute Gasteiger partial charge is 0.370 e. The molecule has 2 N–H and O–H groups in total. The molecule has 0 spiro atoms. The van der Waals surface area contributed by atoms with Crippen molar-refractivity contribution in [2.75, 3.05) is 13.1 Å². The summed E-state index contributed by atoms with van der Waals surface area (Å²) in [7, 11) is 0. The van der Waals surface area contributed by atoms with Gasteiger partial charge in [0.2, 0.25) is 0 Å². The van der Waals surface area contributed by atoms with Gasteiger partial charge in [-0.1, -0.05) is 6.92 Å². The number of nitrogens with two attached hydrogens (primary N) is 1. The number of hydrogen-bond donors (Lipinski definition) is 1. The molecule has 0 aliphatic heterocycles. The molecule has 0 amide bonds. The maximum Gasteiger partial charge on any atom is 0.191 e. The van der Waals surface area contributed by atoms with E-state index in [4.69, 9.17) is 5.73 Å². The molecule has 4 nitrogen and oxygen atoms in total. The summed E-state index contributed by atoms with van der Waals surface area (Å²) in [4.78, 5) is 12.0. The predicted octanol–water partition coefficient (Wildman–Crippen LogP) is 2.48. The van der Waals surface area contributed by atoms with Crippen molar-refractivity contribution < 1.29 is 0 Å². The molecule has 0 aliphatic rings. The van der Waals surface area contributed by atoms with Crippen molar-refractivity contribution in [1.82, 2.24) is 9.88 Å². The molecule has 0 radical (unpaired) electrons. The Kier molecular flexibility index (Phi) is 8.49. The second-order valence-corrected chi connectivity index (χ2v) is 4.62. The summed E-state index contributed by atoms with van der Waals surface area (Å²) in [5.41, 5.74) is 5.88. The van der Waals surface area contributed by atoms with Gasteiger partial charge in [0.15, 0.2) is 5.96 Å². The van der Waals surface area contributed by atoms with Crippen LogP contribution in [-0.4, -0.2) is 28.9 Å². The van der Waals surface area contributed by atoms with Gasteiger partial charge in [-0.25, -0.2) is 9.98 Å². The van der Waals surface area contributed by atoms with Crippen LogP contribution in [0, 0.1) is 0 Å². The Bertz CT molecular complexity index is 347. The minimum Gasteiger partial charge on any atom is -0.370 e. The van der Waals surface area contributed by atoms with E-state index >= 15 is 0 Å². The number of aliphatic imine (C=N–C) groups is 1. The van der Waals surface area contributed by atoms with Crippen molar-refractivity contribution in [2.45, 2.75) is 33.7 Å². The SMILES string of the molecule is CCc1cnc(CN=C(N)N(CC)CC)s1.I. The fraction of sp³-hybridized carbons (Fsp3) is 0.636. The molecular formula is C11H21IN4S. The third-order valence-corrected chi connectivity index (χ3v) is 3.54. The van der Waals surface area contributed by atoms with Crippen molar-refractivity contribution in [1.29, 1.82) is 0 Å². The van der Waals surface area contributed by atoms with Gasteiger partial charge >= 0.3 is 0 Å². The molecule has 6 heteroatoms. The van der Waals surface area contributed by atoms with E-state index in [0.717, 1.165) is 24.5 Å². The quantitative estimate of drug-likeness (QED) is 0.494. The zero-order chi connectivity index (χ0) is 12.0. The first-order valence-corrected chi connectivity index (χ1v) is 6.51. The topological polar surface area (TPSA) is 54.5 Å². The highest BCUT2D eigenvalue weighted by Crippen LogP contribution is 2.14. The van der Waals surface area contributed by atoms with Crippen LogP contribution in [0.15, 0.2) is 11.2 Å². The van der Waals surface area contributed by atoms with Crippen molar-refractivity contribution in [3.8, 4) is 0 Å². The second-order valence-electron chi connectivity index (χ2n) is 3.42. The molecule has 0 aromatic carbocycles. The Morgan fingerprint density at radius 3 is 2.53 bits per heavy atom. The Morgan fingerprint density at radius 1 is 1.41 bits per heavy atom. The van der Waals surface area contributed by atoms with Gasteiger partial charge in [-0.15, -0.1) is 35.3 Å². The van der Waals surface area contributed by atoms with E-state index in [1.807, 2.05) is 11.1 Å². The highest BCUT2D eigenvalue weighted by atomic mass is 127. The van der Waals surface area contributed by atoms with E-state index < -0.39 is 0 Å². The van der Waals surface area contributed by atoms with Gasteiger partial charge < -0.3 is 10.6 Å². The van der Waals surface area contributed by atoms with Crippen molar-refractivity contribution in [3.63, 3.8) is 0 Å². The Labute approximate surface area is 124 Å². The van der Waals surface area contributed by atoms with Crippen molar-refractivity contribution >= 4 is 41.3 Å². The molecule has 98 valence electrons. The first kappa shape index (κ1) is 16.6. The fourth-order valence-electron chi connectivity index (χ4n) is 1.38. The summed E-state index contributed by atoms with van der Waals surface area (Å²) >= 11 is 1.71. The third kappa shape index (κ3) is 5.20. The number of rotatable bonds is 5. The van der Waals surface area contributed by atoms with E-state index in [9.17, 15) is 0 Å². The van der Waals surface area contributed by atoms with Crippen molar-refractivity contribution in [2.24, 2.45) is 10.7 Å². The molecule has 0 saturated carbocycles. The lowest BCUT2D eigenvalue weighted by atomic mass is 10.4. The monoisotopic (exact) mass is 368 g/mol. The van der Waals surface area contributed by atoms with Crippen LogP contribution in [-0.2, 0) is 13.0 Å². The van der Waals surface area contributed by atoms with Crippen LogP contribution >= 0.6 is 35.3 Å². The van der Waals surface area contributed by atoms with Gasteiger partial charge in [-0.3, -0.25) is 0 Å². The van der Waals surface area contributed by atoms with Gasteiger partial charge in [-0.05, 0) is 20.3 Å². The molecule has 0 bridgehead atoms. The zero-order valence-corrected chi connectivity index (χ0v) is 13.8. The van der Waals surface area contributed by atoms with E-state index in [1.54, 1.807) is 11.3 Å². The zero-order valence-electron chi connectivity index (χ0n) is 10.6. The average Bonchev–Trinajstić information content (AvgIpc) is 2.76. The number of aryl methyl sites for hydroxylation is 1. The van der Waals surface area contributed by atoms with Gasteiger partial charge in [0, 0.05) is 24.2 Å².